The van der Waals surface area contributed by atoms with Crippen LogP contribution in [0.3, 0.4) is 0 Å². The Bertz CT molecular complexity index is 137. The van der Waals surface area contributed by atoms with Crippen LogP contribution in [0.1, 0.15) is 19.3 Å². The second kappa shape index (κ2) is 10.3. The lowest BCUT2D eigenvalue weighted by molar-refractivity contribution is 0.0142. The van der Waals surface area contributed by atoms with Gasteiger partial charge in [0.1, 0.15) is 6.61 Å². The van der Waals surface area contributed by atoms with Gasteiger partial charge in [-0.3, -0.25) is 0 Å². The van der Waals surface area contributed by atoms with Crippen LogP contribution in [0.2, 0.25) is 0 Å². The Hall–Kier alpha value is -0.260. The number of hydrogen-bond acceptors (Lipinski definition) is 3. The monoisotopic (exact) mass is 225 g/mol. The van der Waals surface area contributed by atoms with E-state index in [0.29, 0.717) is 12.6 Å². The molecule has 0 fully saturated rings. The first-order valence-corrected chi connectivity index (χ1v) is 5.22. The Labute approximate surface area is 90.1 Å². The van der Waals surface area contributed by atoms with Gasteiger partial charge in [0.15, 0.2) is 0 Å². The molecule has 0 aliphatic heterocycles. The first-order chi connectivity index (χ1) is 7.20. The van der Waals surface area contributed by atoms with Crippen molar-refractivity contribution in [1.82, 2.24) is 5.32 Å². The molecule has 0 radical (unpaired) electrons. The van der Waals surface area contributed by atoms with Gasteiger partial charge in [-0.25, -0.2) is 8.78 Å². The van der Waals surface area contributed by atoms with E-state index < -0.39 is 13.0 Å². The Balaban J connectivity index is 3.35. The fraction of sp³-hybridized carbons (Fsp3) is 1.00. The summed E-state index contributed by atoms with van der Waals surface area (Å²) in [5.74, 6) is 0. The van der Waals surface area contributed by atoms with Crippen molar-refractivity contribution >= 4 is 0 Å². The van der Waals surface area contributed by atoms with Crippen LogP contribution in [0.15, 0.2) is 0 Å². The highest BCUT2D eigenvalue weighted by molar-refractivity contribution is 4.63. The summed E-state index contributed by atoms with van der Waals surface area (Å²) in [5, 5.41) is 3.13. The lowest BCUT2D eigenvalue weighted by atomic mass is 10.1. The summed E-state index contributed by atoms with van der Waals surface area (Å²) in [7, 11) is 3.53. The standard InChI is InChI=1S/C10H21F2NO2/c1-13-9(4-3-6-14-2)5-7-15-8-10(11)12/h9-10,13H,3-8H2,1-2H3. The molecule has 3 nitrogen and oxygen atoms in total. The van der Waals surface area contributed by atoms with Crippen LogP contribution in [-0.2, 0) is 9.47 Å². The van der Waals surface area contributed by atoms with E-state index in [2.05, 4.69) is 5.32 Å². The molecule has 15 heavy (non-hydrogen) atoms. The summed E-state index contributed by atoms with van der Waals surface area (Å²) in [6, 6.07) is 0.317. The number of hydrogen-bond donors (Lipinski definition) is 1. The maximum Gasteiger partial charge on any atom is 0.261 e. The van der Waals surface area contributed by atoms with Gasteiger partial charge in [-0.2, -0.15) is 0 Å². The van der Waals surface area contributed by atoms with E-state index in [4.69, 9.17) is 9.47 Å². The van der Waals surface area contributed by atoms with Crippen LogP contribution in [0.4, 0.5) is 8.78 Å². The number of halogens is 2. The zero-order valence-corrected chi connectivity index (χ0v) is 9.47. The quantitative estimate of drug-likeness (QED) is 0.574. The molecule has 0 aliphatic rings. The van der Waals surface area contributed by atoms with Crippen LogP contribution in [0.25, 0.3) is 0 Å². The SMILES string of the molecule is CNC(CCCOC)CCOCC(F)F. The number of nitrogens with one attached hydrogen (secondary N) is 1. The van der Waals surface area contributed by atoms with E-state index >= 15 is 0 Å². The van der Waals surface area contributed by atoms with Gasteiger partial charge in [0.25, 0.3) is 6.43 Å². The van der Waals surface area contributed by atoms with Crippen LogP contribution in [0.5, 0.6) is 0 Å². The van der Waals surface area contributed by atoms with Crippen molar-refractivity contribution in [3.63, 3.8) is 0 Å². The molecule has 0 amide bonds. The Kier molecular flexibility index (Phi) is 10.1. The summed E-state index contributed by atoms with van der Waals surface area (Å²) in [4.78, 5) is 0. The van der Waals surface area contributed by atoms with Crippen LogP contribution in [-0.4, -0.2) is 46.4 Å². The highest BCUT2D eigenvalue weighted by Crippen LogP contribution is 2.03. The van der Waals surface area contributed by atoms with Gasteiger partial charge in [-0.15, -0.1) is 0 Å². The summed E-state index contributed by atoms with van der Waals surface area (Å²) in [6.45, 7) is 0.646. The van der Waals surface area contributed by atoms with Crippen molar-refractivity contribution in [2.24, 2.45) is 0 Å². The minimum Gasteiger partial charge on any atom is -0.385 e. The van der Waals surface area contributed by atoms with Gasteiger partial charge < -0.3 is 14.8 Å². The zero-order chi connectivity index (χ0) is 11.5. The molecule has 0 aromatic heterocycles. The lowest BCUT2D eigenvalue weighted by Gasteiger charge is -2.15. The highest BCUT2D eigenvalue weighted by atomic mass is 19.3. The van der Waals surface area contributed by atoms with Crippen LogP contribution < -0.4 is 5.32 Å². The molecule has 0 spiro atoms. The molecular weight excluding hydrogens is 204 g/mol. The molecular formula is C10H21F2NO2. The molecule has 1 unspecified atom stereocenters. The van der Waals surface area contributed by atoms with Crippen molar-refractivity contribution in [2.75, 3.05) is 34.0 Å². The van der Waals surface area contributed by atoms with Gasteiger partial charge in [0.2, 0.25) is 0 Å². The van der Waals surface area contributed by atoms with Gasteiger partial charge in [-0.05, 0) is 26.3 Å². The summed E-state index contributed by atoms with van der Waals surface area (Å²) in [6.07, 6.45) is 0.332. The largest absolute Gasteiger partial charge is 0.385 e. The molecule has 92 valence electrons. The van der Waals surface area contributed by atoms with Gasteiger partial charge >= 0.3 is 0 Å². The zero-order valence-electron chi connectivity index (χ0n) is 9.47. The fourth-order valence-corrected chi connectivity index (χ4v) is 1.31. The van der Waals surface area contributed by atoms with Crippen molar-refractivity contribution in [3.05, 3.63) is 0 Å². The number of alkyl halides is 2. The van der Waals surface area contributed by atoms with Crippen LogP contribution in [0, 0.1) is 0 Å². The maximum absolute atomic E-state index is 11.7. The molecule has 0 aliphatic carbocycles. The van der Waals surface area contributed by atoms with E-state index in [1.807, 2.05) is 7.05 Å². The number of ether oxygens (including phenoxy) is 2. The smallest absolute Gasteiger partial charge is 0.261 e. The van der Waals surface area contributed by atoms with E-state index in [0.717, 1.165) is 25.9 Å². The minimum atomic E-state index is -2.37. The van der Waals surface area contributed by atoms with E-state index in [1.54, 1.807) is 7.11 Å². The Morgan fingerprint density at radius 1 is 1.20 bits per heavy atom. The van der Waals surface area contributed by atoms with Gasteiger partial charge in [0, 0.05) is 26.4 Å². The van der Waals surface area contributed by atoms with Gasteiger partial charge in [0.05, 0.1) is 0 Å². The molecule has 5 heteroatoms. The third kappa shape index (κ3) is 10.0. The molecule has 0 aromatic rings. The molecule has 0 saturated heterocycles. The summed E-state index contributed by atoms with van der Waals surface area (Å²) >= 11 is 0. The minimum absolute atomic E-state index is 0.317. The average molecular weight is 225 g/mol. The van der Waals surface area contributed by atoms with E-state index in [1.165, 1.54) is 0 Å². The third-order valence-corrected chi connectivity index (χ3v) is 2.16. The molecule has 1 N–H and O–H groups in total. The number of methoxy groups -OCH3 is 1. The normalized spacial score (nSPS) is 13.4. The third-order valence-electron chi connectivity index (χ3n) is 2.16. The van der Waals surface area contributed by atoms with E-state index in [9.17, 15) is 8.78 Å². The second-order valence-corrected chi connectivity index (χ2v) is 3.38. The molecule has 0 bridgehead atoms. The first-order valence-electron chi connectivity index (χ1n) is 5.22. The average Bonchev–Trinajstić information content (AvgIpc) is 2.21. The fourth-order valence-electron chi connectivity index (χ4n) is 1.31. The topological polar surface area (TPSA) is 30.5 Å². The molecule has 0 heterocycles. The molecule has 0 saturated carbocycles. The molecule has 1 atom stereocenters. The highest BCUT2D eigenvalue weighted by Gasteiger charge is 2.07. The van der Waals surface area contributed by atoms with Crippen molar-refractivity contribution < 1.29 is 18.3 Å². The van der Waals surface area contributed by atoms with Crippen molar-refractivity contribution in [3.8, 4) is 0 Å². The van der Waals surface area contributed by atoms with Gasteiger partial charge in [-0.1, -0.05) is 0 Å². The molecule has 0 aromatic carbocycles. The van der Waals surface area contributed by atoms with E-state index in [-0.39, 0.29) is 0 Å². The maximum atomic E-state index is 11.7. The second-order valence-electron chi connectivity index (χ2n) is 3.38. The van der Waals surface area contributed by atoms with Crippen molar-refractivity contribution in [2.45, 2.75) is 31.7 Å². The number of rotatable bonds is 10. The summed E-state index contributed by atoms with van der Waals surface area (Å²) in [5.41, 5.74) is 0. The summed E-state index contributed by atoms with van der Waals surface area (Å²) < 4.78 is 33.2. The predicted octanol–water partition coefficient (Wildman–Crippen LogP) is 1.67. The predicted molar refractivity (Wildman–Crippen MR) is 55.4 cm³/mol. The first kappa shape index (κ1) is 14.7. The Morgan fingerprint density at radius 2 is 1.93 bits per heavy atom. The lowest BCUT2D eigenvalue weighted by Crippen LogP contribution is -2.27. The van der Waals surface area contributed by atoms with Crippen molar-refractivity contribution in [1.29, 1.82) is 0 Å². The molecule has 0 rings (SSSR count). The Morgan fingerprint density at radius 3 is 2.47 bits per heavy atom. The van der Waals surface area contributed by atoms with Crippen LogP contribution >= 0.6 is 0 Å².